The molecule has 0 aromatic carbocycles. The van der Waals surface area contributed by atoms with Gasteiger partial charge in [-0.15, -0.1) is 0 Å². The highest BCUT2D eigenvalue weighted by Gasteiger charge is 2.37. The number of piperidine rings is 1. The summed E-state index contributed by atoms with van der Waals surface area (Å²) in [5.41, 5.74) is 1.00. The van der Waals surface area contributed by atoms with Crippen LogP contribution in [0.1, 0.15) is 49.7 Å². The van der Waals surface area contributed by atoms with E-state index < -0.39 is 5.60 Å². The first-order chi connectivity index (χ1) is 10.8. The Morgan fingerprint density at radius 2 is 2.17 bits per heavy atom. The van der Waals surface area contributed by atoms with Crippen LogP contribution in [0.5, 0.6) is 0 Å². The maximum Gasteiger partial charge on any atom is 0.410 e. The Bertz CT molecular complexity index is 624. The zero-order valence-corrected chi connectivity index (χ0v) is 13.9. The molecule has 2 aliphatic heterocycles. The summed E-state index contributed by atoms with van der Waals surface area (Å²) in [7, 11) is 0. The Kier molecular flexibility index (Phi) is 4.00. The highest BCUT2D eigenvalue weighted by molar-refractivity contribution is 5.96. The highest BCUT2D eigenvalue weighted by atomic mass is 16.6. The second kappa shape index (κ2) is 5.83. The maximum atomic E-state index is 12.5. The van der Waals surface area contributed by atoms with Crippen LogP contribution in [0.15, 0.2) is 18.3 Å². The van der Waals surface area contributed by atoms with Crippen LogP contribution >= 0.6 is 0 Å². The lowest BCUT2D eigenvalue weighted by molar-refractivity contribution is 0.0106. The van der Waals surface area contributed by atoms with Crippen molar-refractivity contribution in [3.8, 4) is 0 Å². The smallest absolute Gasteiger partial charge is 0.410 e. The van der Waals surface area contributed by atoms with E-state index in [-0.39, 0.29) is 18.0 Å². The van der Waals surface area contributed by atoms with Crippen LogP contribution in [-0.2, 0) is 11.3 Å². The van der Waals surface area contributed by atoms with Gasteiger partial charge in [-0.2, -0.15) is 0 Å². The lowest BCUT2D eigenvalue weighted by Crippen LogP contribution is -2.50. The number of carbonyl (C=O) groups excluding carboxylic acids is 2. The molecule has 0 N–H and O–H groups in total. The second-order valence-corrected chi connectivity index (χ2v) is 7.17. The van der Waals surface area contributed by atoms with E-state index in [0.717, 1.165) is 18.4 Å². The normalized spacial score (nSPS) is 21.3. The number of ether oxygens (including phenoxy) is 1. The molecule has 0 aliphatic carbocycles. The fraction of sp³-hybridized carbons (Fsp3) is 0.588. The molecule has 1 aromatic rings. The van der Waals surface area contributed by atoms with E-state index in [0.29, 0.717) is 25.3 Å². The van der Waals surface area contributed by atoms with Gasteiger partial charge in [0.15, 0.2) is 0 Å². The number of rotatable bonds is 1. The van der Waals surface area contributed by atoms with Gasteiger partial charge in [0.2, 0.25) is 0 Å². The van der Waals surface area contributed by atoms with Gasteiger partial charge in [0.25, 0.3) is 5.91 Å². The average molecular weight is 317 g/mol. The first-order valence-electron chi connectivity index (χ1n) is 8.08. The van der Waals surface area contributed by atoms with E-state index in [1.807, 2.05) is 37.8 Å². The fourth-order valence-corrected chi connectivity index (χ4v) is 3.15. The van der Waals surface area contributed by atoms with Gasteiger partial charge in [0.05, 0.1) is 6.04 Å². The molecule has 2 amide bonds. The Hall–Kier alpha value is -2.11. The number of aromatic nitrogens is 1. The maximum absolute atomic E-state index is 12.5. The summed E-state index contributed by atoms with van der Waals surface area (Å²) in [4.78, 5) is 32.5. The van der Waals surface area contributed by atoms with Crippen molar-refractivity contribution in [1.29, 1.82) is 0 Å². The number of likely N-dealkylation sites (tertiary alicyclic amines) is 1. The van der Waals surface area contributed by atoms with Gasteiger partial charge in [0.1, 0.15) is 11.3 Å². The van der Waals surface area contributed by atoms with Gasteiger partial charge < -0.3 is 14.5 Å². The minimum Gasteiger partial charge on any atom is -0.444 e. The topological polar surface area (TPSA) is 62.7 Å². The molecule has 1 atom stereocenters. The van der Waals surface area contributed by atoms with Gasteiger partial charge in [-0.1, -0.05) is 6.07 Å². The van der Waals surface area contributed by atoms with Crippen molar-refractivity contribution in [3.05, 3.63) is 29.6 Å². The number of hydrogen-bond donors (Lipinski definition) is 0. The summed E-state index contributed by atoms with van der Waals surface area (Å²) in [6.45, 7) is 7.36. The van der Waals surface area contributed by atoms with Gasteiger partial charge >= 0.3 is 6.09 Å². The molecule has 0 saturated carbocycles. The fourth-order valence-electron chi connectivity index (χ4n) is 3.15. The third-order valence-electron chi connectivity index (χ3n) is 4.18. The van der Waals surface area contributed by atoms with Gasteiger partial charge in [0, 0.05) is 31.4 Å². The number of fused-ring (bicyclic) bond motifs is 1. The van der Waals surface area contributed by atoms with Crippen LogP contribution in [0.25, 0.3) is 0 Å². The first-order valence-corrected chi connectivity index (χ1v) is 8.08. The zero-order chi connectivity index (χ0) is 16.6. The lowest BCUT2D eigenvalue weighted by Gasteiger charge is -2.38. The molecule has 0 radical (unpaired) electrons. The number of carbonyl (C=O) groups is 2. The summed E-state index contributed by atoms with van der Waals surface area (Å²) in [6.07, 6.45) is 3.12. The van der Waals surface area contributed by atoms with Crippen LogP contribution in [0.4, 0.5) is 4.79 Å². The zero-order valence-electron chi connectivity index (χ0n) is 13.9. The van der Waals surface area contributed by atoms with Crippen molar-refractivity contribution in [1.82, 2.24) is 14.8 Å². The van der Waals surface area contributed by atoms with Crippen molar-refractivity contribution in [3.63, 3.8) is 0 Å². The molecule has 2 aliphatic rings. The minimum absolute atomic E-state index is 0.0259. The van der Waals surface area contributed by atoms with Crippen molar-refractivity contribution < 1.29 is 14.3 Å². The molecule has 1 fully saturated rings. The van der Waals surface area contributed by atoms with Crippen LogP contribution in [0.2, 0.25) is 0 Å². The van der Waals surface area contributed by atoms with Gasteiger partial charge in [-0.3, -0.25) is 9.78 Å². The molecule has 0 bridgehead atoms. The van der Waals surface area contributed by atoms with E-state index >= 15 is 0 Å². The Morgan fingerprint density at radius 1 is 1.39 bits per heavy atom. The Morgan fingerprint density at radius 3 is 2.87 bits per heavy atom. The molecular formula is C17H23N3O3. The minimum atomic E-state index is -0.506. The largest absolute Gasteiger partial charge is 0.444 e. The first kappa shape index (κ1) is 15.8. The molecule has 3 heterocycles. The predicted molar refractivity (Wildman–Crippen MR) is 84.9 cm³/mol. The third kappa shape index (κ3) is 3.30. The summed E-state index contributed by atoms with van der Waals surface area (Å²) >= 11 is 0. The molecule has 1 saturated heterocycles. The Labute approximate surface area is 136 Å². The number of nitrogens with zero attached hydrogens (tertiary/aromatic N) is 3. The third-order valence-corrected chi connectivity index (χ3v) is 4.18. The van der Waals surface area contributed by atoms with E-state index in [1.165, 1.54) is 0 Å². The molecule has 3 rings (SSSR count). The summed E-state index contributed by atoms with van der Waals surface area (Å²) in [5.74, 6) is -0.0309. The quantitative estimate of drug-likeness (QED) is 0.798. The van der Waals surface area contributed by atoms with Crippen molar-refractivity contribution in [2.75, 3.05) is 13.1 Å². The van der Waals surface area contributed by atoms with Gasteiger partial charge in [-0.25, -0.2) is 4.79 Å². The highest BCUT2D eigenvalue weighted by Crippen LogP contribution is 2.27. The number of hydrogen-bond acceptors (Lipinski definition) is 4. The number of pyridine rings is 1. The molecule has 1 unspecified atom stereocenters. The second-order valence-electron chi connectivity index (χ2n) is 7.17. The van der Waals surface area contributed by atoms with Crippen molar-refractivity contribution in [2.24, 2.45) is 0 Å². The van der Waals surface area contributed by atoms with Crippen molar-refractivity contribution in [2.45, 2.75) is 51.8 Å². The molecule has 23 heavy (non-hydrogen) atoms. The number of amides is 2. The van der Waals surface area contributed by atoms with Crippen LogP contribution in [-0.4, -0.2) is 51.5 Å². The Balaban J connectivity index is 1.68. The molecule has 6 nitrogen and oxygen atoms in total. The molecular weight excluding hydrogens is 294 g/mol. The van der Waals surface area contributed by atoms with Gasteiger partial charge in [-0.05, 0) is 39.7 Å². The standard InChI is InChI=1S/C17H23N3O3/c1-17(2,3)23-16(22)19-9-5-7-13(11-19)20-10-12-6-4-8-18-14(12)15(20)21/h4,6,8,13H,5,7,9-11H2,1-3H3. The van der Waals surface area contributed by atoms with E-state index in [1.54, 1.807) is 11.1 Å². The van der Waals surface area contributed by atoms with Crippen LogP contribution in [0.3, 0.4) is 0 Å². The lowest BCUT2D eigenvalue weighted by atomic mass is 10.0. The van der Waals surface area contributed by atoms with E-state index in [4.69, 9.17) is 4.74 Å². The van der Waals surface area contributed by atoms with Crippen LogP contribution in [0, 0.1) is 0 Å². The van der Waals surface area contributed by atoms with Crippen LogP contribution < -0.4 is 0 Å². The molecule has 6 heteroatoms. The summed E-state index contributed by atoms with van der Waals surface area (Å²) in [6, 6.07) is 3.82. The SMILES string of the molecule is CC(C)(C)OC(=O)N1CCCC(N2Cc3cccnc3C2=O)C1. The van der Waals surface area contributed by atoms with Crippen molar-refractivity contribution >= 4 is 12.0 Å². The van der Waals surface area contributed by atoms with E-state index in [9.17, 15) is 9.59 Å². The molecule has 1 aromatic heterocycles. The monoisotopic (exact) mass is 317 g/mol. The van der Waals surface area contributed by atoms with E-state index in [2.05, 4.69) is 4.98 Å². The summed E-state index contributed by atoms with van der Waals surface area (Å²) in [5, 5.41) is 0. The summed E-state index contributed by atoms with van der Waals surface area (Å²) < 4.78 is 5.45. The predicted octanol–water partition coefficient (Wildman–Crippen LogP) is 2.44. The molecule has 0 spiro atoms. The molecule has 124 valence electrons. The average Bonchev–Trinajstić information content (AvgIpc) is 2.83.